The van der Waals surface area contributed by atoms with Gasteiger partial charge >= 0.3 is 0 Å². The normalized spacial score (nSPS) is 13.3. The van der Waals surface area contributed by atoms with E-state index in [0.717, 1.165) is 24.5 Å². The zero-order chi connectivity index (χ0) is 14.8. The molecule has 3 aromatic heterocycles. The Bertz CT molecular complexity index is 685. The van der Waals surface area contributed by atoms with Crippen LogP contribution in [0.3, 0.4) is 0 Å². The van der Waals surface area contributed by atoms with Gasteiger partial charge in [0.05, 0.1) is 10.9 Å². The van der Waals surface area contributed by atoms with Crippen LogP contribution in [-0.4, -0.2) is 34.7 Å². The highest BCUT2D eigenvalue weighted by Gasteiger charge is 2.18. The minimum atomic E-state index is -0.219. The predicted molar refractivity (Wildman–Crippen MR) is 87.7 cm³/mol. The fraction of sp³-hybridized carbons (Fsp3) is 0.429. The third kappa shape index (κ3) is 3.01. The van der Waals surface area contributed by atoms with Gasteiger partial charge in [-0.3, -0.25) is 0 Å². The molecule has 0 aliphatic heterocycles. The first-order valence-corrected chi connectivity index (χ1v) is 8.69. The van der Waals surface area contributed by atoms with E-state index < -0.39 is 0 Å². The standard InChI is InChI=1S/C14H18N4OS2/c1-3-18(4-2)8-9(15)13-16-14(19-17-13)12-7-11-10(21-12)5-6-20-11/h5-7,9H,3-4,8,15H2,1-2H3. The van der Waals surface area contributed by atoms with Crippen molar-refractivity contribution in [1.82, 2.24) is 15.0 Å². The summed E-state index contributed by atoms with van der Waals surface area (Å²) in [7, 11) is 0. The monoisotopic (exact) mass is 322 g/mol. The highest BCUT2D eigenvalue weighted by molar-refractivity contribution is 7.28. The molecule has 3 heterocycles. The Kier molecular flexibility index (Phi) is 4.34. The van der Waals surface area contributed by atoms with Crippen LogP contribution in [0.25, 0.3) is 20.2 Å². The summed E-state index contributed by atoms with van der Waals surface area (Å²) in [5, 5.41) is 6.13. The molecule has 5 nitrogen and oxygen atoms in total. The summed E-state index contributed by atoms with van der Waals surface area (Å²) in [4.78, 5) is 7.72. The van der Waals surface area contributed by atoms with E-state index >= 15 is 0 Å². The smallest absolute Gasteiger partial charge is 0.268 e. The molecular weight excluding hydrogens is 304 g/mol. The van der Waals surface area contributed by atoms with E-state index in [1.54, 1.807) is 22.7 Å². The second-order valence-electron chi connectivity index (χ2n) is 4.81. The molecule has 3 rings (SSSR count). The molecule has 0 bridgehead atoms. The quantitative estimate of drug-likeness (QED) is 0.753. The van der Waals surface area contributed by atoms with Crippen molar-refractivity contribution in [3.63, 3.8) is 0 Å². The van der Waals surface area contributed by atoms with Crippen LogP contribution < -0.4 is 5.73 Å². The van der Waals surface area contributed by atoms with Crippen LogP contribution >= 0.6 is 22.7 Å². The number of hydrogen-bond acceptors (Lipinski definition) is 7. The third-order valence-corrected chi connectivity index (χ3v) is 5.55. The van der Waals surface area contributed by atoms with Gasteiger partial charge in [0.2, 0.25) is 0 Å². The second kappa shape index (κ2) is 6.23. The summed E-state index contributed by atoms with van der Waals surface area (Å²) >= 11 is 3.39. The van der Waals surface area contributed by atoms with Gasteiger partial charge < -0.3 is 15.2 Å². The Labute approximate surface area is 131 Å². The molecule has 1 atom stereocenters. The Morgan fingerprint density at radius 2 is 2.14 bits per heavy atom. The lowest BCUT2D eigenvalue weighted by Crippen LogP contribution is -2.32. The summed E-state index contributed by atoms with van der Waals surface area (Å²) in [5.74, 6) is 1.14. The Morgan fingerprint density at radius 3 is 2.86 bits per heavy atom. The fourth-order valence-corrected chi connectivity index (χ4v) is 4.23. The number of nitrogens with zero attached hydrogens (tertiary/aromatic N) is 3. The van der Waals surface area contributed by atoms with Crippen molar-refractivity contribution in [2.75, 3.05) is 19.6 Å². The van der Waals surface area contributed by atoms with Gasteiger partial charge in [-0.1, -0.05) is 19.0 Å². The Morgan fingerprint density at radius 1 is 1.33 bits per heavy atom. The highest BCUT2D eigenvalue weighted by atomic mass is 32.1. The van der Waals surface area contributed by atoms with Crippen molar-refractivity contribution in [2.24, 2.45) is 5.73 Å². The first kappa shape index (κ1) is 14.6. The molecule has 0 aliphatic rings. The minimum Gasteiger partial charge on any atom is -0.333 e. The first-order valence-electron chi connectivity index (χ1n) is 7.00. The number of aromatic nitrogens is 2. The molecule has 0 saturated carbocycles. The third-order valence-electron chi connectivity index (χ3n) is 3.47. The number of thiophene rings is 2. The van der Waals surface area contributed by atoms with Crippen molar-refractivity contribution in [3.05, 3.63) is 23.3 Å². The van der Waals surface area contributed by atoms with E-state index in [4.69, 9.17) is 10.3 Å². The van der Waals surface area contributed by atoms with E-state index in [1.807, 2.05) is 0 Å². The van der Waals surface area contributed by atoms with Gasteiger partial charge in [-0.05, 0) is 30.6 Å². The second-order valence-corrected chi connectivity index (χ2v) is 6.84. The maximum absolute atomic E-state index is 6.17. The van der Waals surface area contributed by atoms with Crippen LogP contribution in [-0.2, 0) is 0 Å². The maximum atomic E-state index is 6.17. The van der Waals surface area contributed by atoms with Crippen molar-refractivity contribution in [2.45, 2.75) is 19.9 Å². The SMILES string of the molecule is CCN(CC)CC(N)c1noc(-c2cc3sccc3s2)n1. The number of hydrogen-bond donors (Lipinski definition) is 1. The molecule has 112 valence electrons. The van der Waals surface area contributed by atoms with Gasteiger partial charge in [0.1, 0.15) is 0 Å². The van der Waals surface area contributed by atoms with Crippen molar-refractivity contribution in [1.29, 1.82) is 0 Å². The van der Waals surface area contributed by atoms with E-state index in [1.165, 1.54) is 9.40 Å². The van der Waals surface area contributed by atoms with Crippen LogP contribution in [0.4, 0.5) is 0 Å². The Hall–Kier alpha value is -1.28. The number of likely N-dealkylation sites (N-methyl/N-ethyl adjacent to an activating group) is 1. The zero-order valence-electron chi connectivity index (χ0n) is 12.1. The molecule has 21 heavy (non-hydrogen) atoms. The summed E-state index contributed by atoms with van der Waals surface area (Å²) in [5.41, 5.74) is 6.17. The number of fused-ring (bicyclic) bond motifs is 1. The molecule has 0 aliphatic carbocycles. The van der Waals surface area contributed by atoms with E-state index in [9.17, 15) is 0 Å². The molecule has 2 N–H and O–H groups in total. The Balaban J connectivity index is 1.77. The number of nitrogens with two attached hydrogens (primary N) is 1. The maximum Gasteiger partial charge on any atom is 0.268 e. The fourth-order valence-electron chi connectivity index (χ4n) is 2.20. The molecule has 0 fully saturated rings. The molecule has 3 aromatic rings. The van der Waals surface area contributed by atoms with Crippen LogP contribution in [0.15, 0.2) is 22.0 Å². The first-order chi connectivity index (χ1) is 10.2. The van der Waals surface area contributed by atoms with Crippen LogP contribution in [0.2, 0.25) is 0 Å². The molecule has 0 amide bonds. The lowest BCUT2D eigenvalue weighted by molar-refractivity contribution is 0.278. The van der Waals surface area contributed by atoms with E-state index in [-0.39, 0.29) is 6.04 Å². The highest BCUT2D eigenvalue weighted by Crippen LogP contribution is 2.35. The van der Waals surface area contributed by atoms with Crippen molar-refractivity contribution in [3.8, 4) is 10.8 Å². The topological polar surface area (TPSA) is 68.2 Å². The molecule has 0 radical (unpaired) electrons. The summed E-state index contributed by atoms with van der Waals surface area (Å²) in [6.45, 7) is 6.92. The van der Waals surface area contributed by atoms with Gasteiger partial charge in [0.25, 0.3) is 5.89 Å². The number of rotatable bonds is 6. The van der Waals surface area contributed by atoms with Crippen LogP contribution in [0, 0.1) is 0 Å². The average Bonchev–Trinajstić information content (AvgIpc) is 3.17. The summed E-state index contributed by atoms with van der Waals surface area (Å²) < 4.78 is 7.88. The molecule has 7 heteroatoms. The van der Waals surface area contributed by atoms with Gasteiger partial charge in [-0.15, -0.1) is 22.7 Å². The van der Waals surface area contributed by atoms with Crippen molar-refractivity contribution >= 4 is 32.1 Å². The van der Waals surface area contributed by atoms with E-state index in [2.05, 4.69) is 46.4 Å². The largest absolute Gasteiger partial charge is 0.333 e. The lowest BCUT2D eigenvalue weighted by Gasteiger charge is -2.20. The van der Waals surface area contributed by atoms with Crippen LogP contribution in [0.5, 0.6) is 0 Å². The predicted octanol–water partition coefficient (Wildman–Crippen LogP) is 3.35. The van der Waals surface area contributed by atoms with Crippen molar-refractivity contribution < 1.29 is 4.52 Å². The van der Waals surface area contributed by atoms with Gasteiger partial charge in [-0.2, -0.15) is 4.98 Å². The molecule has 0 saturated heterocycles. The molecule has 1 unspecified atom stereocenters. The van der Waals surface area contributed by atoms with E-state index in [0.29, 0.717) is 11.7 Å². The van der Waals surface area contributed by atoms with Gasteiger partial charge in [-0.25, -0.2) is 0 Å². The molecule has 0 spiro atoms. The lowest BCUT2D eigenvalue weighted by atomic mass is 10.2. The van der Waals surface area contributed by atoms with Gasteiger partial charge in [0, 0.05) is 15.9 Å². The molecule has 0 aromatic carbocycles. The van der Waals surface area contributed by atoms with Crippen LogP contribution in [0.1, 0.15) is 25.7 Å². The summed E-state index contributed by atoms with van der Waals surface area (Å²) in [6.07, 6.45) is 0. The zero-order valence-corrected chi connectivity index (χ0v) is 13.7. The van der Waals surface area contributed by atoms with Gasteiger partial charge in [0.15, 0.2) is 5.82 Å². The average molecular weight is 322 g/mol. The summed E-state index contributed by atoms with van der Waals surface area (Å²) in [6, 6.07) is 3.98. The molecular formula is C14H18N4OS2. The minimum absolute atomic E-state index is 0.219.